The van der Waals surface area contributed by atoms with Gasteiger partial charge in [0.2, 0.25) is 5.91 Å². The normalized spacial score (nSPS) is 19.9. The molecule has 1 unspecified atom stereocenters. The van der Waals surface area contributed by atoms with Crippen LogP contribution in [0.4, 0.5) is 0 Å². The van der Waals surface area contributed by atoms with Crippen LogP contribution in [0.3, 0.4) is 0 Å². The topological polar surface area (TPSA) is 32.3 Å². The van der Waals surface area contributed by atoms with E-state index < -0.39 is 0 Å². The van der Waals surface area contributed by atoms with E-state index in [0.29, 0.717) is 29.1 Å². The number of hydrogen-bond donors (Lipinski definition) is 1. The highest BCUT2D eigenvalue weighted by Gasteiger charge is 2.18. The Morgan fingerprint density at radius 1 is 1.45 bits per heavy atom. The number of halogens is 2. The zero-order valence-corrected chi connectivity index (χ0v) is 13.2. The number of carbonyl (C=O) groups is 1. The SMILES string of the molecule is CC1CCCN(CC(=O)NCc2ccc(Cl)cc2Cl)C1. The molecule has 1 amide bonds. The molecule has 1 aliphatic heterocycles. The molecule has 0 radical (unpaired) electrons. The summed E-state index contributed by atoms with van der Waals surface area (Å²) in [5.41, 5.74) is 0.886. The summed E-state index contributed by atoms with van der Waals surface area (Å²) < 4.78 is 0. The van der Waals surface area contributed by atoms with E-state index in [1.807, 2.05) is 6.07 Å². The lowest BCUT2D eigenvalue weighted by molar-refractivity contribution is -0.122. The lowest BCUT2D eigenvalue weighted by Crippen LogP contribution is -2.41. The monoisotopic (exact) mass is 314 g/mol. The summed E-state index contributed by atoms with van der Waals surface area (Å²) in [7, 11) is 0. The third kappa shape index (κ3) is 4.65. The van der Waals surface area contributed by atoms with Crippen LogP contribution in [0.1, 0.15) is 25.3 Å². The van der Waals surface area contributed by atoms with Crippen molar-refractivity contribution in [3.63, 3.8) is 0 Å². The van der Waals surface area contributed by atoms with Crippen molar-refractivity contribution in [3.05, 3.63) is 33.8 Å². The van der Waals surface area contributed by atoms with E-state index in [0.717, 1.165) is 18.7 Å². The molecule has 0 bridgehead atoms. The fraction of sp³-hybridized carbons (Fsp3) is 0.533. The fourth-order valence-corrected chi connectivity index (χ4v) is 3.02. The van der Waals surface area contributed by atoms with Gasteiger partial charge in [-0.05, 0) is 43.0 Å². The van der Waals surface area contributed by atoms with Gasteiger partial charge in [-0.3, -0.25) is 9.69 Å². The molecule has 3 nitrogen and oxygen atoms in total. The maximum atomic E-state index is 11.9. The Bertz CT molecular complexity index is 479. The third-order valence-corrected chi connectivity index (χ3v) is 4.19. The van der Waals surface area contributed by atoms with Gasteiger partial charge in [-0.2, -0.15) is 0 Å². The number of hydrogen-bond acceptors (Lipinski definition) is 2. The van der Waals surface area contributed by atoms with Crippen LogP contribution in [-0.2, 0) is 11.3 Å². The van der Waals surface area contributed by atoms with Crippen molar-refractivity contribution >= 4 is 29.1 Å². The highest BCUT2D eigenvalue weighted by molar-refractivity contribution is 6.35. The van der Waals surface area contributed by atoms with E-state index in [-0.39, 0.29) is 5.91 Å². The molecule has 2 rings (SSSR count). The number of nitrogens with one attached hydrogen (secondary N) is 1. The molecule has 1 aromatic rings. The smallest absolute Gasteiger partial charge is 0.234 e. The summed E-state index contributed by atoms with van der Waals surface area (Å²) in [5, 5.41) is 4.10. The third-order valence-electron chi connectivity index (χ3n) is 3.60. The van der Waals surface area contributed by atoms with Gasteiger partial charge in [-0.25, -0.2) is 0 Å². The van der Waals surface area contributed by atoms with Crippen molar-refractivity contribution in [3.8, 4) is 0 Å². The lowest BCUT2D eigenvalue weighted by atomic mass is 10.0. The van der Waals surface area contributed by atoms with Crippen molar-refractivity contribution in [2.45, 2.75) is 26.3 Å². The van der Waals surface area contributed by atoms with Crippen molar-refractivity contribution in [2.24, 2.45) is 5.92 Å². The summed E-state index contributed by atoms with van der Waals surface area (Å²) >= 11 is 11.9. The van der Waals surface area contributed by atoms with Crippen molar-refractivity contribution in [2.75, 3.05) is 19.6 Å². The second-order valence-corrected chi connectivity index (χ2v) is 6.34. The number of nitrogens with zero attached hydrogens (tertiary/aromatic N) is 1. The van der Waals surface area contributed by atoms with Crippen LogP contribution in [0, 0.1) is 5.92 Å². The summed E-state index contributed by atoms with van der Waals surface area (Å²) in [6, 6.07) is 5.31. The van der Waals surface area contributed by atoms with Crippen LogP contribution in [0.2, 0.25) is 10.0 Å². The minimum Gasteiger partial charge on any atom is -0.351 e. The molecule has 1 N–H and O–H groups in total. The molecule has 0 aromatic heterocycles. The van der Waals surface area contributed by atoms with Gasteiger partial charge in [0.05, 0.1) is 6.54 Å². The summed E-state index contributed by atoms with van der Waals surface area (Å²) in [6.07, 6.45) is 2.44. The molecule has 1 heterocycles. The maximum absolute atomic E-state index is 11.9. The Morgan fingerprint density at radius 2 is 2.25 bits per heavy atom. The van der Waals surface area contributed by atoms with Gasteiger partial charge in [0.1, 0.15) is 0 Å². The van der Waals surface area contributed by atoms with E-state index in [9.17, 15) is 4.79 Å². The van der Waals surface area contributed by atoms with Crippen LogP contribution in [0.25, 0.3) is 0 Å². The van der Waals surface area contributed by atoms with Gasteiger partial charge < -0.3 is 5.32 Å². The number of benzene rings is 1. The van der Waals surface area contributed by atoms with E-state index in [2.05, 4.69) is 17.1 Å². The number of piperidine rings is 1. The Hall–Kier alpha value is -0.770. The Labute approximate surface area is 130 Å². The largest absolute Gasteiger partial charge is 0.351 e. The van der Waals surface area contributed by atoms with Crippen molar-refractivity contribution in [1.29, 1.82) is 0 Å². The predicted molar refractivity (Wildman–Crippen MR) is 83.1 cm³/mol. The zero-order valence-electron chi connectivity index (χ0n) is 11.7. The van der Waals surface area contributed by atoms with E-state index in [4.69, 9.17) is 23.2 Å². The number of rotatable bonds is 4. The van der Waals surface area contributed by atoms with Gasteiger partial charge in [-0.15, -0.1) is 0 Å². The molecular formula is C15H20Cl2N2O. The first kappa shape index (κ1) is 15.6. The molecule has 20 heavy (non-hydrogen) atoms. The van der Waals surface area contributed by atoms with Crippen molar-refractivity contribution < 1.29 is 4.79 Å². The molecule has 0 spiro atoms. The average molecular weight is 315 g/mol. The first-order chi connectivity index (χ1) is 9.54. The molecule has 5 heteroatoms. The first-order valence-electron chi connectivity index (χ1n) is 6.97. The second-order valence-electron chi connectivity index (χ2n) is 5.49. The summed E-state index contributed by atoms with van der Waals surface area (Å²) in [6.45, 7) is 5.17. The van der Waals surface area contributed by atoms with Gasteiger partial charge in [-0.1, -0.05) is 36.2 Å². The van der Waals surface area contributed by atoms with Crippen molar-refractivity contribution in [1.82, 2.24) is 10.2 Å². The molecule has 1 aliphatic rings. The van der Waals surface area contributed by atoms with Crippen LogP contribution >= 0.6 is 23.2 Å². The highest BCUT2D eigenvalue weighted by atomic mass is 35.5. The molecule has 1 atom stereocenters. The lowest BCUT2D eigenvalue weighted by Gasteiger charge is -2.30. The maximum Gasteiger partial charge on any atom is 0.234 e. The Kier molecular flexibility index (Phi) is 5.70. The van der Waals surface area contributed by atoms with Crippen LogP contribution in [0.5, 0.6) is 0 Å². The molecule has 1 saturated heterocycles. The number of likely N-dealkylation sites (tertiary alicyclic amines) is 1. The molecule has 110 valence electrons. The first-order valence-corrected chi connectivity index (χ1v) is 7.73. The Morgan fingerprint density at radius 3 is 2.95 bits per heavy atom. The van der Waals surface area contributed by atoms with E-state index >= 15 is 0 Å². The molecule has 1 aromatic carbocycles. The standard InChI is InChI=1S/C15H20Cl2N2O/c1-11-3-2-6-19(9-11)10-15(20)18-8-12-4-5-13(16)7-14(12)17/h4-5,7,11H,2-3,6,8-10H2,1H3,(H,18,20). The minimum atomic E-state index is 0.0464. The number of carbonyl (C=O) groups excluding carboxylic acids is 1. The van der Waals surface area contributed by atoms with Crippen LogP contribution in [0.15, 0.2) is 18.2 Å². The second kappa shape index (κ2) is 7.30. The zero-order chi connectivity index (χ0) is 14.5. The average Bonchev–Trinajstić information content (AvgIpc) is 2.37. The van der Waals surface area contributed by atoms with E-state index in [1.165, 1.54) is 12.8 Å². The predicted octanol–water partition coefficient (Wildman–Crippen LogP) is 3.34. The van der Waals surface area contributed by atoms with Gasteiger partial charge in [0, 0.05) is 23.1 Å². The van der Waals surface area contributed by atoms with E-state index in [1.54, 1.807) is 12.1 Å². The van der Waals surface area contributed by atoms with Gasteiger partial charge in [0.15, 0.2) is 0 Å². The number of amides is 1. The van der Waals surface area contributed by atoms with Crippen LogP contribution in [-0.4, -0.2) is 30.4 Å². The van der Waals surface area contributed by atoms with Gasteiger partial charge in [0.25, 0.3) is 0 Å². The molecule has 0 saturated carbocycles. The molecule has 0 aliphatic carbocycles. The summed E-state index contributed by atoms with van der Waals surface area (Å²) in [5.74, 6) is 0.729. The molecule has 1 fully saturated rings. The fourth-order valence-electron chi connectivity index (χ4n) is 2.55. The van der Waals surface area contributed by atoms with Gasteiger partial charge >= 0.3 is 0 Å². The quantitative estimate of drug-likeness (QED) is 0.924. The minimum absolute atomic E-state index is 0.0464. The molecular weight excluding hydrogens is 295 g/mol. The van der Waals surface area contributed by atoms with Crippen LogP contribution < -0.4 is 5.32 Å². The highest BCUT2D eigenvalue weighted by Crippen LogP contribution is 2.20. The summed E-state index contributed by atoms with van der Waals surface area (Å²) in [4.78, 5) is 14.2. The Balaban J connectivity index is 1.80.